The van der Waals surface area contributed by atoms with Gasteiger partial charge in [0.2, 0.25) is 5.91 Å². The average Bonchev–Trinajstić information content (AvgIpc) is 3.06. The van der Waals surface area contributed by atoms with Gasteiger partial charge < -0.3 is 14.5 Å². The van der Waals surface area contributed by atoms with Crippen LogP contribution in [0.1, 0.15) is 44.0 Å². The number of likely N-dealkylation sites (tertiary alicyclic amines) is 2. The third-order valence-corrected chi connectivity index (χ3v) is 5.06. The molecular weight excluding hydrogens is 318 g/mol. The van der Waals surface area contributed by atoms with Crippen LogP contribution in [-0.2, 0) is 16.0 Å². The second-order valence-corrected chi connectivity index (χ2v) is 6.87. The molecule has 1 atom stereocenters. The maximum Gasteiger partial charge on any atom is 0.260 e. The molecule has 2 amide bonds. The third-order valence-electron chi connectivity index (χ3n) is 5.06. The Morgan fingerprint density at radius 2 is 2.16 bits per heavy atom. The lowest BCUT2D eigenvalue weighted by atomic mass is 10.0. The minimum atomic E-state index is -0.0148. The summed E-state index contributed by atoms with van der Waals surface area (Å²) in [4.78, 5) is 32.8. The van der Waals surface area contributed by atoms with E-state index in [0.717, 1.165) is 50.2 Å². The Bertz CT molecular complexity index is 647. The van der Waals surface area contributed by atoms with Crippen molar-refractivity contribution in [2.24, 2.45) is 0 Å². The van der Waals surface area contributed by atoms with Crippen molar-refractivity contribution in [2.45, 2.75) is 52.0 Å². The molecule has 2 aliphatic rings. The van der Waals surface area contributed by atoms with Gasteiger partial charge in [-0.05, 0) is 44.7 Å². The van der Waals surface area contributed by atoms with E-state index >= 15 is 0 Å². The maximum atomic E-state index is 12.6. The van der Waals surface area contributed by atoms with Gasteiger partial charge in [0.15, 0.2) is 6.61 Å². The van der Waals surface area contributed by atoms with E-state index in [2.05, 4.69) is 4.98 Å². The van der Waals surface area contributed by atoms with E-state index in [1.165, 1.54) is 0 Å². The molecule has 3 rings (SSSR count). The second-order valence-electron chi connectivity index (χ2n) is 6.87. The van der Waals surface area contributed by atoms with Crippen LogP contribution in [0.5, 0.6) is 5.75 Å². The average molecular weight is 345 g/mol. The highest BCUT2D eigenvalue weighted by atomic mass is 16.5. The molecule has 0 radical (unpaired) electrons. The van der Waals surface area contributed by atoms with Crippen molar-refractivity contribution in [2.75, 3.05) is 26.2 Å². The van der Waals surface area contributed by atoms with Crippen molar-refractivity contribution in [3.8, 4) is 5.75 Å². The number of piperidine rings is 1. The molecule has 3 heterocycles. The number of hydrogen-bond donors (Lipinski definition) is 0. The minimum Gasteiger partial charge on any atom is -0.482 e. The van der Waals surface area contributed by atoms with Gasteiger partial charge in [-0.3, -0.25) is 14.6 Å². The molecule has 0 unspecified atom stereocenters. The summed E-state index contributed by atoms with van der Waals surface area (Å²) in [7, 11) is 0. The molecule has 136 valence electrons. The first-order valence-corrected chi connectivity index (χ1v) is 9.25. The van der Waals surface area contributed by atoms with Gasteiger partial charge in [0.1, 0.15) is 5.75 Å². The molecule has 0 N–H and O–H groups in total. The van der Waals surface area contributed by atoms with Gasteiger partial charge in [-0.1, -0.05) is 6.92 Å². The Labute approximate surface area is 149 Å². The molecule has 2 fully saturated rings. The van der Waals surface area contributed by atoms with Gasteiger partial charge in [-0.25, -0.2) is 0 Å². The first kappa shape index (κ1) is 17.7. The van der Waals surface area contributed by atoms with Crippen LogP contribution in [0.15, 0.2) is 12.1 Å². The largest absolute Gasteiger partial charge is 0.482 e. The van der Waals surface area contributed by atoms with Crippen molar-refractivity contribution in [1.29, 1.82) is 0 Å². The van der Waals surface area contributed by atoms with Crippen LogP contribution in [0, 0.1) is 6.92 Å². The maximum absolute atomic E-state index is 12.6. The predicted molar refractivity (Wildman–Crippen MR) is 94.4 cm³/mol. The van der Waals surface area contributed by atoms with Gasteiger partial charge in [0, 0.05) is 37.8 Å². The van der Waals surface area contributed by atoms with Crippen LogP contribution < -0.4 is 4.74 Å². The second kappa shape index (κ2) is 7.85. The summed E-state index contributed by atoms with van der Waals surface area (Å²) in [5, 5.41) is 0. The summed E-state index contributed by atoms with van der Waals surface area (Å²) >= 11 is 0. The van der Waals surface area contributed by atoms with Crippen molar-refractivity contribution < 1.29 is 14.3 Å². The molecule has 0 saturated carbocycles. The molecule has 2 saturated heterocycles. The van der Waals surface area contributed by atoms with Gasteiger partial charge in [0.25, 0.3) is 5.91 Å². The summed E-state index contributed by atoms with van der Waals surface area (Å²) in [6.45, 7) is 6.20. The zero-order valence-corrected chi connectivity index (χ0v) is 15.2. The summed E-state index contributed by atoms with van der Waals surface area (Å²) < 4.78 is 5.75. The number of amides is 2. The third kappa shape index (κ3) is 4.11. The SMILES string of the molecule is CCc1nc(C)ccc1OCC(=O)N1CCC[C@H](N2CCCC2=O)C1. The Balaban J connectivity index is 1.57. The molecule has 0 aromatic carbocycles. The van der Waals surface area contributed by atoms with E-state index in [1.807, 2.05) is 35.8 Å². The number of rotatable bonds is 5. The van der Waals surface area contributed by atoms with Crippen LogP contribution in [-0.4, -0.2) is 58.9 Å². The predicted octanol–water partition coefficient (Wildman–Crippen LogP) is 1.94. The Morgan fingerprint density at radius 1 is 1.32 bits per heavy atom. The number of pyridine rings is 1. The zero-order chi connectivity index (χ0) is 17.8. The Kier molecular flexibility index (Phi) is 5.56. The number of carbonyl (C=O) groups excluding carboxylic acids is 2. The fourth-order valence-electron chi connectivity index (χ4n) is 3.70. The van der Waals surface area contributed by atoms with Gasteiger partial charge in [0.05, 0.1) is 5.69 Å². The fraction of sp³-hybridized carbons (Fsp3) is 0.632. The first-order valence-electron chi connectivity index (χ1n) is 9.25. The molecule has 0 bridgehead atoms. The van der Waals surface area contributed by atoms with E-state index in [0.29, 0.717) is 18.7 Å². The van der Waals surface area contributed by atoms with Crippen molar-refractivity contribution in [3.05, 3.63) is 23.5 Å². The molecule has 25 heavy (non-hydrogen) atoms. The first-order chi connectivity index (χ1) is 12.1. The number of nitrogens with zero attached hydrogens (tertiary/aromatic N) is 3. The fourth-order valence-corrected chi connectivity index (χ4v) is 3.70. The quantitative estimate of drug-likeness (QED) is 0.818. The lowest BCUT2D eigenvalue weighted by molar-refractivity contribution is -0.138. The van der Waals surface area contributed by atoms with E-state index in [9.17, 15) is 9.59 Å². The summed E-state index contributed by atoms with van der Waals surface area (Å²) in [6, 6.07) is 3.95. The van der Waals surface area contributed by atoms with Crippen molar-refractivity contribution in [3.63, 3.8) is 0 Å². The zero-order valence-electron chi connectivity index (χ0n) is 15.2. The standard InChI is InChI=1S/C19H27N3O3/c1-3-16-17(9-8-14(2)20-16)25-13-19(24)21-10-4-6-15(12-21)22-11-5-7-18(22)23/h8-9,15H,3-7,10-13H2,1-2H3/t15-/m0/s1. The van der Waals surface area contributed by atoms with E-state index in [1.54, 1.807) is 0 Å². The van der Waals surface area contributed by atoms with Gasteiger partial charge in [-0.2, -0.15) is 0 Å². The van der Waals surface area contributed by atoms with E-state index < -0.39 is 0 Å². The lowest BCUT2D eigenvalue weighted by Crippen LogP contribution is -2.51. The molecule has 2 aliphatic heterocycles. The Morgan fingerprint density at radius 3 is 2.88 bits per heavy atom. The van der Waals surface area contributed by atoms with Crippen molar-refractivity contribution in [1.82, 2.24) is 14.8 Å². The molecular formula is C19H27N3O3. The molecule has 0 aliphatic carbocycles. The van der Waals surface area contributed by atoms with E-state index in [4.69, 9.17) is 4.74 Å². The number of aromatic nitrogens is 1. The smallest absolute Gasteiger partial charge is 0.260 e. The molecule has 6 heteroatoms. The van der Waals surface area contributed by atoms with Crippen LogP contribution in [0.4, 0.5) is 0 Å². The summed E-state index contributed by atoms with van der Waals surface area (Å²) in [5.41, 5.74) is 1.83. The normalized spacial score (nSPS) is 20.9. The molecule has 6 nitrogen and oxygen atoms in total. The van der Waals surface area contributed by atoms with Gasteiger partial charge >= 0.3 is 0 Å². The van der Waals surface area contributed by atoms with Crippen LogP contribution in [0.2, 0.25) is 0 Å². The highest BCUT2D eigenvalue weighted by molar-refractivity contribution is 5.79. The number of aryl methyl sites for hydroxylation is 2. The highest BCUT2D eigenvalue weighted by Gasteiger charge is 2.32. The number of ether oxygens (including phenoxy) is 1. The van der Waals surface area contributed by atoms with Crippen LogP contribution in [0.3, 0.4) is 0 Å². The summed E-state index contributed by atoms with van der Waals surface area (Å²) in [5.74, 6) is 0.901. The highest BCUT2D eigenvalue weighted by Crippen LogP contribution is 2.22. The molecule has 1 aromatic rings. The number of hydrogen-bond acceptors (Lipinski definition) is 4. The Hall–Kier alpha value is -2.11. The van der Waals surface area contributed by atoms with Crippen molar-refractivity contribution >= 4 is 11.8 Å². The molecule has 0 spiro atoms. The molecule has 1 aromatic heterocycles. The van der Waals surface area contributed by atoms with E-state index in [-0.39, 0.29) is 24.5 Å². The minimum absolute atomic E-state index is 0.0148. The van der Waals surface area contributed by atoms with Crippen LogP contribution >= 0.6 is 0 Å². The topological polar surface area (TPSA) is 62.7 Å². The number of carbonyl (C=O) groups is 2. The lowest BCUT2D eigenvalue weighted by Gasteiger charge is -2.37. The summed E-state index contributed by atoms with van der Waals surface area (Å²) in [6.07, 6.45) is 4.28. The van der Waals surface area contributed by atoms with Crippen LogP contribution in [0.25, 0.3) is 0 Å². The monoisotopic (exact) mass is 345 g/mol. The van der Waals surface area contributed by atoms with Gasteiger partial charge in [-0.15, -0.1) is 0 Å².